The first kappa shape index (κ1) is 11.9. The molecule has 6 nitrogen and oxygen atoms in total. The van der Waals surface area contributed by atoms with Gasteiger partial charge in [0.05, 0.1) is 11.6 Å². The standard InChI is InChI=1S/C10H9BrClN5O/c11-2-5-1-7(18)17(4-5)10-14-8(12)6-3-13-16-9(6)15-10/h3,5H,1-2,4H2,(H,13,14,15,16). The Morgan fingerprint density at radius 3 is 3.11 bits per heavy atom. The SMILES string of the molecule is O=C1CC(CBr)CN1c1nc(Cl)c2cn[nH]c2n1. The fraction of sp³-hybridized carbons (Fsp3) is 0.400. The number of aromatic nitrogens is 4. The van der Waals surface area contributed by atoms with E-state index in [1.807, 2.05) is 0 Å². The third-order valence-electron chi connectivity index (χ3n) is 2.92. The highest BCUT2D eigenvalue weighted by Crippen LogP contribution is 2.27. The number of carbonyl (C=O) groups is 1. The summed E-state index contributed by atoms with van der Waals surface area (Å²) in [7, 11) is 0. The summed E-state index contributed by atoms with van der Waals surface area (Å²) in [5.41, 5.74) is 0.542. The molecule has 2 aromatic heterocycles. The van der Waals surface area contributed by atoms with Gasteiger partial charge in [0.2, 0.25) is 11.9 Å². The predicted octanol–water partition coefficient (Wildman–Crippen LogP) is 1.75. The van der Waals surface area contributed by atoms with Crippen molar-refractivity contribution in [3.8, 4) is 0 Å². The molecular weight excluding hydrogens is 322 g/mol. The van der Waals surface area contributed by atoms with Gasteiger partial charge in [0.15, 0.2) is 5.65 Å². The molecule has 0 aliphatic carbocycles. The lowest BCUT2D eigenvalue weighted by Gasteiger charge is -2.13. The molecule has 1 amide bonds. The zero-order valence-electron chi connectivity index (χ0n) is 9.23. The lowest BCUT2D eigenvalue weighted by Crippen LogP contribution is -2.26. The zero-order valence-corrected chi connectivity index (χ0v) is 11.6. The molecule has 1 aliphatic rings. The summed E-state index contributed by atoms with van der Waals surface area (Å²) in [5.74, 6) is 0.650. The van der Waals surface area contributed by atoms with E-state index in [4.69, 9.17) is 11.6 Å². The van der Waals surface area contributed by atoms with E-state index in [-0.39, 0.29) is 11.8 Å². The molecule has 1 N–H and O–H groups in total. The highest BCUT2D eigenvalue weighted by Gasteiger charge is 2.32. The summed E-state index contributed by atoms with van der Waals surface area (Å²) in [6.07, 6.45) is 2.07. The quantitative estimate of drug-likeness (QED) is 0.672. The fourth-order valence-electron chi connectivity index (χ4n) is 1.99. The highest BCUT2D eigenvalue weighted by molar-refractivity contribution is 9.09. The van der Waals surface area contributed by atoms with Crippen molar-refractivity contribution < 1.29 is 4.79 Å². The molecule has 3 rings (SSSR count). The van der Waals surface area contributed by atoms with Crippen molar-refractivity contribution in [1.82, 2.24) is 20.2 Å². The van der Waals surface area contributed by atoms with Crippen LogP contribution in [0.3, 0.4) is 0 Å². The first-order valence-corrected chi connectivity index (χ1v) is 6.92. The Kier molecular flexibility index (Phi) is 2.95. The molecule has 0 saturated carbocycles. The van der Waals surface area contributed by atoms with Crippen LogP contribution in [0, 0.1) is 5.92 Å². The molecule has 3 heterocycles. The number of alkyl halides is 1. The van der Waals surface area contributed by atoms with Crippen LogP contribution in [0.4, 0.5) is 5.95 Å². The Morgan fingerprint density at radius 1 is 1.56 bits per heavy atom. The number of amides is 1. The Bertz CT molecular complexity index is 615. The lowest BCUT2D eigenvalue weighted by atomic mass is 10.2. The van der Waals surface area contributed by atoms with Crippen LogP contribution in [0.25, 0.3) is 11.0 Å². The molecule has 94 valence electrons. The van der Waals surface area contributed by atoms with Gasteiger partial charge in [-0.2, -0.15) is 15.1 Å². The van der Waals surface area contributed by atoms with E-state index in [1.54, 1.807) is 11.1 Å². The van der Waals surface area contributed by atoms with E-state index in [0.717, 1.165) is 5.33 Å². The maximum absolute atomic E-state index is 11.9. The van der Waals surface area contributed by atoms with Crippen molar-refractivity contribution in [3.05, 3.63) is 11.3 Å². The van der Waals surface area contributed by atoms with Crippen molar-refractivity contribution in [2.75, 3.05) is 16.8 Å². The van der Waals surface area contributed by atoms with Crippen LogP contribution in [0.2, 0.25) is 5.15 Å². The van der Waals surface area contributed by atoms with Crippen molar-refractivity contribution in [2.45, 2.75) is 6.42 Å². The van der Waals surface area contributed by atoms with E-state index in [1.165, 1.54) is 0 Å². The van der Waals surface area contributed by atoms with Gasteiger partial charge in [-0.15, -0.1) is 0 Å². The molecule has 0 bridgehead atoms. The summed E-state index contributed by atoms with van der Waals surface area (Å²) in [6, 6.07) is 0. The third kappa shape index (κ3) is 1.87. The van der Waals surface area contributed by atoms with Gasteiger partial charge < -0.3 is 0 Å². The van der Waals surface area contributed by atoms with Crippen LogP contribution in [-0.2, 0) is 4.79 Å². The number of nitrogens with zero attached hydrogens (tertiary/aromatic N) is 4. The molecule has 8 heteroatoms. The molecule has 2 aromatic rings. The summed E-state index contributed by atoms with van der Waals surface area (Å²) in [6.45, 7) is 0.611. The van der Waals surface area contributed by atoms with Crippen molar-refractivity contribution in [1.29, 1.82) is 0 Å². The number of aromatic amines is 1. The largest absolute Gasteiger partial charge is 0.280 e. The van der Waals surface area contributed by atoms with Gasteiger partial charge in [0, 0.05) is 18.3 Å². The van der Waals surface area contributed by atoms with Gasteiger partial charge in [0.25, 0.3) is 0 Å². The molecule has 1 unspecified atom stereocenters. The first-order valence-electron chi connectivity index (χ1n) is 5.42. The van der Waals surface area contributed by atoms with Gasteiger partial charge in [0.1, 0.15) is 5.15 Å². The lowest BCUT2D eigenvalue weighted by molar-refractivity contribution is -0.117. The average Bonchev–Trinajstić information content (AvgIpc) is 2.95. The normalized spacial score (nSPS) is 20.0. The number of carbonyl (C=O) groups excluding carboxylic acids is 1. The Labute approximate surface area is 116 Å². The van der Waals surface area contributed by atoms with Crippen LogP contribution in [0.15, 0.2) is 6.20 Å². The molecule has 0 aromatic carbocycles. The van der Waals surface area contributed by atoms with Gasteiger partial charge in [-0.3, -0.25) is 14.8 Å². The number of hydrogen-bond acceptors (Lipinski definition) is 4. The second-order valence-corrected chi connectivity index (χ2v) is 5.18. The minimum absolute atomic E-state index is 0.0226. The summed E-state index contributed by atoms with van der Waals surface area (Å²) < 4.78 is 0. The minimum atomic E-state index is 0.0226. The highest BCUT2D eigenvalue weighted by atomic mass is 79.9. The number of hydrogen-bond donors (Lipinski definition) is 1. The Hall–Kier alpha value is -1.21. The fourth-order valence-corrected chi connectivity index (χ4v) is 2.64. The predicted molar refractivity (Wildman–Crippen MR) is 70.9 cm³/mol. The Morgan fingerprint density at radius 2 is 2.39 bits per heavy atom. The molecular formula is C10H9BrClN5O. The smallest absolute Gasteiger partial charge is 0.235 e. The number of nitrogens with one attached hydrogen (secondary N) is 1. The van der Waals surface area contributed by atoms with Gasteiger partial charge in [-0.25, -0.2) is 0 Å². The molecule has 18 heavy (non-hydrogen) atoms. The number of H-pyrrole nitrogens is 1. The molecule has 0 spiro atoms. The van der Waals surface area contributed by atoms with Gasteiger partial charge in [-0.05, 0) is 5.92 Å². The number of anilines is 1. The van der Waals surface area contributed by atoms with Crippen LogP contribution >= 0.6 is 27.5 Å². The number of rotatable bonds is 2. The van der Waals surface area contributed by atoms with Crippen molar-refractivity contribution in [2.24, 2.45) is 5.92 Å². The van der Waals surface area contributed by atoms with Crippen LogP contribution < -0.4 is 4.90 Å². The van der Waals surface area contributed by atoms with E-state index in [9.17, 15) is 4.79 Å². The van der Waals surface area contributed by atoms with E-state index >= 15 is 0 Å². The monoisotopic (exact) mass is 329 g/mol. The number of fused-ring (bicyclic) bond motifs is 1. The van der Waals surface area contributed by atoms with E-state index in [2.05, 4.69) is 36.1 Å². The third-order valence-corrected chi connectivity index (χ3v) is 4.12. The summed E-state index contributed by atoms with van der Waals surface area (Å²) >= 11 is 9.43. The zero-order chi connectivity index (χ0) is 12.7. The van der Waals surface area contributed by atoms with E-state index < -0.39 is 0 Å². The van der Waals surface area contributed by atoms with Crippen LogP contribution in [0.1, 0.15) is 6.42 Å². The van der Waals surface area contributed by atoms with Crippen LogP contribution in [0.5, 0.6) is 0 Å². The molecule has 1 fully saturated rings. The summed E-state index contributed by atoms with van der Waals surface area (Å²) in [4.78, 5) is 21.9. The molecule has 1 saturated heterocycles. The van der Waals surface area contributed by atoms with Gasteiger partial charge in [-0.1, -0.05) is 27.5 Å². The maximum Gasteiger partial charge on any atom is 0.235 e. The van der Waals surface area contributed by atoms with E-state index in [0.29, 0.717) is 35.1 Å². The minimum Gasteiger partial charge on any atom is -0.280 e. The maximum atomic E-state index is 11.9. The van der Waals surface area contributed by atoms with Crippen molar-refractivity contribution >= 4 is 50.4 Å². The van der Waals surface area contributed by atoms with Crippen LogP contribution in [-0.4, -0.2) is 37.9 Å². The molecule has 1 aliphatic heterocycles. The topological polar surface area (TPSA) is 74.8 Å². The Balaban J connectivity index is 2.01. The molecule has 1 atom stereocenters. The second-order valence-electron chi connectivity index (χ2n) is 4.18. The second kappa shape index (κ2) is 4.47. The average molecular weight is 331 g/mol. The summed E-state index contributed by atoms with van der Waals surface area (Å²) in [5, 5.41) is 8.34. The van der Waals surface area contributed by atoms with Gasteiger partial charge >= 0.3 is 0 Å². The molecule has 0 radical (unpaired) electrons. The number of halogens is 2. The first-order chi connectivity index (χ1) is 8.69. The van der Waals surface area contributed by atoms with Crippen molar-refractivity contribution in [3.63, 3.8) is 0 Å².